The molecule has 4 aromatic carbocycles. The van der Waals surface area contributed by atoms with E-state index in [-0.39, 0.29) is 23.5 Å². The lowest BCUT2D eigenvalue weighted by Crippen LogP contribution is -2.31. The van der Waals surface area contributed by atoms with E-state index in [9.17, 15) is 33.7 Å². The molecule has 0 aliphatic carbocycles. The average Bonchev–Trinajstić information content (AvgIpc) is 3.29. The molecule has 0 radical (unpaired) electrons. The van der Waals surface area contributed by atoms with Crippen molar-refractivity contribution < 1.29 is 28.5 Å². The zero-order valence-corrected chi connectivity index (χ0v) is 23.6. The third-order valence-electron chi connectivity index (χ3n) is 6.48. The van der Waals surface area contributed by atoms with E-state index >= 15 is 0 Å². The second-order valence-corrected chi connectivity index (χ2v) is 10.8. The lowest BCUT2D eigenvalue weighted by molar-refractivity contribution is -0.384. The predicted octanol–water partition coefficient (Wildman–Crippen LogP) is 5.57. The first kappa shape index (κ1) is 29.9. The fourth-order valence-corrected chi connectivity index (χ4v) is 5.52. The lowest BCUT2D eigenvalue weighted by atomic mass is 10.1. The van der Waals surface area contributed by atoms with E-state index in [4.69, 9.17) is 0 Å². The molecule has 2 N–H and O–H groups in total. The number of hydrogen-bond donors (Lipinski definition) is 2. The molecule has 0 bridgehead atoms. The van der Waals surface area contributed by atoms with E-state index in [2.05, 4.69) is 10.6 Å². The minimum absolute atomic E-state index is 0.0802. The number of anilines is 2. The Hall–Kier alpha value is -5.62. The molecule has 4 amide bonds. The van der Waals surface area contributed by atoms with E-state index < -0.39 is 39.6 Å². The SMILES string of the molecule is O=C(Nc1cccc(S[C@@H]2CC(=O)N(c3ccc([N+](=O)[O-])cc3)C2=O)c1)/C(=C/c1cccc(F)c1)NC(=O)c1ccccc1. The molecule has 0 unspecified atom stereocenters. The molecular weight excluding hydrogens is 587 g/mol. The minimum atomic E-state index is -0.753. The first-order chi connectivity index (χ1) is 21.2. The number of nitrogens with one attached hydrogen (secondary N) is 2. The first-order valence-corrected chi connectivity index (χ1v) is 14.1. The molecule has 0 saturated carbocycles. The number of thioether (sulfide) groups is 1. The maximum atomic E-state index is 13.8. The van der Waals surface area contributed by atoms with Gasteiger partial charge in [-0.15, -0.1) is 11.8 Å². The highest BCUT2D eigenvalue weighted by Gasteiger charge is 2.40. The maximum Gasteiger partial charge on any atom is 0.272 e. The molecular formula is C32H23FN4O6S. The van der Waals surface area contributed by atoms with Gasteiger partial charge in [-0.2, -0.15) is 0 Å². The predicted molar refractivity (Wildman–Crippen MR) is 163 cm³/mol. The van der Waals surface area contributed by atoms with Gasteiger partial charge in [0, 0.05) is 34.7 Å². The Morgan fingerprint density at radius 2 is 1.66 bits per heavy atom. The van der Waals surface area contributed by atoms with Crippen LogP contribution in [0, 0.1) is 15.9 Å². The number of rotatable bonds is 9. The smallest absolute Gasteiger partial charge is 0.272 e. The topological polar surface area (TPSA) is 139 Å². The molecule has 10 nitrogen and oxygen atoms in total. The van der Waals surface area contributed by atoms with Gasteiger partial charge in [-0.25, -0.2) is 9.29 Å². The molecule has 12 heteroatoms. The summed E-state index contributed by atoms with van der Waals surface area (Å²) in [4.78, 5) is 64.0. The lowest BCUT2D eigenvalue weighted by Gasteiger charge is -2.15. The third-order valence-corrected chi connectivity index (χ3v) is 7.66. The average molecular weight is 611 g/mol. The van der Waals surface area contributed by atoms with Crippen LogP contribution in [0.3, 0.4) is 0 Å². The number of benzene rings is 4. The van der Waals surface area contributed by atoms with E-state index in [1.165, 1.54) is 48.5 Å². The Bertz CT molecular complexity index is 1800. The second kappa shape index (κ2) is 13.1. The molecule has 1 aliphatic rings. The van der Waals surface area contributed by atoms with Crippen LogP contribution in [0.5, 0.6) is 0 Å². The van der Waals surface area contributed by atoms with Gasteiger partial charge in [0.05, 0.1) is 15.9 Å². The molecule has 5 rings (SSSR count). The van der Waals surface area contributed by atoms with Crippen molar-refractivity contribution in [2.45, 2.75) is 16.6 Å². The number of amides is 4. The number of non-ortho nitro benzene ring substituents is 1. The van der Waals surface area contributed by atoms with Gasteiger partial charge in [-0.05, 0) is 66.2 Å². The quantitative estimate of drug-likeness (QED) is 0.109. The van der Waals surface area contributed by atoms with Gasteiger partial charge in [-0.3, -0.25) is 29.3 Å². The second-order valence-electron chi connectivity index (χ2n) is 9.57. The van der Waals surface area contributed by atoms with Crippen LogP contribution in [0.25, 0.3) is 6.08 Å². The summed E-state index contributed by atoms with van der Waals surface area (Å²) in [5.41, 5.74) is 0.981. The van der Waals surface area contributed by atoms with Crippen LogP contribution < -0.4 is 15.5 Å². The molecule has 1 aliphatic heterocycles. The zero-order valence-electron chi connectivity index (χ0n) is 22.8. The number of hydrogen-bond acceptors (Lipinski definition) is 7. The normalized spacial score (nSPS) is 14.8. The number of nitrogens with zero attached hydrogens (tertiary/aromatic N) is 2. The third kappa shape index (κ3) is 7.05. The summed E-state index contributed by atoms with van der Waals surface area (Å²) < 4.78 is 13.8. The Balaban J connectivity index is 1.31. The van der Waals surface area contributed by atoms with Crippen molar-refractivity contribution in [3.63, 3.8) is 0 Å². The monoisotopic (exact) mass is 610 g/mol. The van der Waals surface area contributed by atoms with Crippen LogP contribution >= 0.6 is 11.8 Å². The summed E-state index contributed by atoms with van der Waals surface area (Å²) in [6.45, 7) is 0. The molecule has 1 heterocycles. The molecule has 0 spiro atoms. The van der Waals surface area contributed by atoms with Crippen LogP contribution in [-0.2, 0) is 14.4 Å². The number of carbonyl (C=O) groups is 4. The molecule has 1 saturated heterocycles. The van der Waals surface area contributed by atoms with Gasteiger partial charge in [0.25, 0.3) is 17.5 Å². The minimum Gasteiger partial charge on any atom is -0.321 e. The van der Waals surface area contributed by atoms with Gasteiger partial charge in [0.15, 0.2) is 0 Å². The van der Waals surface area contributed by atoms with Crippen molar-refractivity contribution in [3.05, 3.63) is 136 Å². The van der Waals surface area contributed by atoms with Crippen molar-refractivity contribution in [1.82, 2.24) is 5.32 Å². The molecule has 1 fully saturated rings. The zero-order chi connectivity index (χ0) is 31.2. The van der Waals surface area contributed by atoms with Crippen LogP contribution in [-0.4, -0.2) is 33.8 Å². The highest BCUT2D eigenvalue weighted by atomic mass is 32.2. The Morgan fingerprint density at radius 1 is 0.932 bits per heavy atom. The van der Waals surface area contributed by atoms with Crippen molar-refractivity contribution in [2.75, 3.05) is 10.2 Å². The fourth-order valence-electron chi connectivity index (χ4n) is 4.41. The van der Waals surface area contributed by atoms with Crippen LogP contribution in [0.4, 0.5) is 21.5 Å². The number of carbonyl (C=O) groups excluding carboxylic acids is 4. The number of nitro groups is 1. The number of halogens is 1. The molecule has 220 valence electrons. The van der Waals surface area contributed by atoms with E-state index in [0.717, 1.165) is 16.7 Å². The molecule has 0 aromatic heterocycles. The summed E-state index contributed by atoms with van der Waals surface area (Å²) >= 11 is 1.13. The van der Waals surface area contributed by atoms with Gasteiger partial charge in [0.2, 0.25) is 11.8 Å². The van der Waals surface area contributed by atoms with Crippen LogP contribution in [0.2, 0.25) is 0 Å². The number of nitro benzene ring substituents is 1. The maximum absolute atomic E-state index is 13.8. The largest absolute Gasteiger partial charge is 0.321 e. The Kier molecular flexibility index (Phi) is 8.91. The van der Waals surface area contributed by atoms with E-state index in [1.807, 2.05) is 0 Å². The summed E-state index contributed by atoms with van der Waals surface area (Å²) in [6, 6.07) is 25.6. The molecule has 1 atom stereocenters. The van der Waals surface area contributed by atoms with E-state index in [1.54, 1.807) is 60.7 Å². The summed E-state index contributed by atoms with van der Waals surface area (Å²) in [5.74, 6) is -2.61. The summed E-state index contributed by atoms with van der Waals surface area (Å²) in [6.07, 6.45) is 1.27. The van der Waals surface area contributed by atoms with Crippen molar-refractivity contribution in [1.29, 1.82) is 0 Å². The van der Waals surface area contributed by atoms with Crippen molar-refractivity contribution in [2.24, 2.45) is 0 Å². The van der Waals surface area contributed by atoms with Crippen LogP contribution in [0.15, 0.2) is 114 Å². The highest BCUT2D eigenvalue weighted by molar-refractivity contribution is 8.00. The van der Waals surface area contributed by atoms with Crippen molar-refractivity contribution in [3.8, 4) is 0 Å². The van der Waals surface area contributed by atoms with Gasteiger partial charge in [-0.1, -0.05) is 36.4 Å². The number of imide groups is 1. The van der Waals surface area contributed by atoms with E-state index in [0.29, 0.717) is 21.7 Å². The first-order valence-electron chi connectivity index (χ1n) is 13.2. The summed E-state index contributed by atoms with van der Waals surface area (Å²) in [7, 11) is 0. The van der Waals surface area contributed by atoms with Crippen LogP contribution in [0.1, 0.15) is 22.3 Å². The highest BCUT2D eigenvalue weighted by Crippen LogP contribution is 2.35. The van der Waals surface area contributed by atoms with Gasteiger partial charge in [0.1, 0.15) is 11.5 Å². The molecule has 44 heavy (non-hydrogen) atoms. The van der Waals surface area contributed by atoms with Gasteiger partial charge >= 0.3 is 0 Å². The molecule has 4 aromatic rings. The van der Waals surface area contributed by atoms with Gasteiger partial charge < -0.3 is 10.6 Å². The summed E-state index contributed by atoms with van der Waals surface area (Å²) in [5, 5.41) is 15.5. The van der Waals surface area contributed by atoms with Crippen molar-refractivity contribution >= 4 is 58.5 Å². The Morgan fingerprint density at radius 3 is 2.36 bits per heavy atom. The standard InChI is InChI=1S/C32H23FN4O6S/c33-22-9-4-6-20(16-22)17-27(35-30(39)21-7-2-1-3-8-21)31(40)34-23-10-5-11-26(18-23)44-28-19-29(38)36(32(28)41)24-12-14-25(15-13-24)37(42)43/h1-18,28H,19H2,(H,34,40)(H,35,39)/b27-17-/t28-/m1/s1. The Labute approximate surface area is 254 Å². The fraction of sp³-hybridized carbons (Fsp3) is 0.0625.